The van der Waals surface area contributed by atoms with Crippen LogP contribution < -0.4 is 5.32 Å². The van der Waals surface area contributed by atoms with Gasteiger partial charge in [-0.05, 0) is 44.2 Å². The summed E-state index contributed by atoms with van der Waals surface area (Å²) in [6.45, 7) is 4.60. The fourth-order valence-corrected chi connectivity index (χ4v) is 3.38. The maximum atomic E-state index is 12.1. The highest BCUT2D eigenvalue weighted by atomic mass is 16.6. The number of nitrogens with zero attached hydrogens (tertiary/aromatic N) is 2. The Labute approximate surface area is 114 Å². The van der Waals surface area contributed by atoms with Crippen molar-refractivity contribution in [2.24, 2.45) is 10.4 Å². The van der Waals surface area contributed by atoms with Crippen LogP contribution >= 0.6 is 0 Å². The van der Waals surface area contributed by atoms with Crippen molar-refractivity contribution >= 4 is 12.3 Å². The first-order valence-electron chi connectivity index (χ1n) is 7.42. The zero-order valence-corrected chi connectivity index (χ0v) is 11.4. The average Bonchev–Trinajstić information content (AvgIpc) is 2.93. The van der Waals surface area contributed by atoms with Gasteiger partial charge in [-0.3, -0.25) is 4.99 Å². The standard InChI is InChI=1S/C14H23N3O2/c18-13(19-12-1-6-16-11-12)17-9-4-14(5-10-17)2-7-15-8-3-14/h6,12,15H,1-5,7-11H2. The van der Waals surface area contributed by atoms with Crippen molar-refractivity contribution in [1.29, 1.82) is 0 Å². The van der Waals surface area contributed by atoms with E-state index in [1.165, 1.54) is 12.8 Å². The number of carbonyl (C=O) groups excluding carboxylic acids is 1. The highest BCUT2D eigenvalue weighted by Crippen LogP contribution is 2.39. The fourth-order valence-electron chi connectivity index (χ4n) is 3.38. The van der Waals surface area contributed by atoms with Crippen LogP contribution in [-0.2, 0) is 4.74 Å². The predicted octanol–water partition coefficient (Wildman–Crippen LogP) is 1.43. The fraction of sp³-hybridized carbons (Fsp3) is 0.857. The average molecular weight is 265 g/mol. The summed E-state index contributed by atoms with van der Waals surface area (Å²) in [6, 6.07) is 0. The number of aliphatic imine (C=N–C) groups is 1. The lowest BCUT2D eigenvalue weighted by atomic mass is 9.72. The maximum absolute atomic E-state index is 12.1. The normalized spacial score (nSPS) is 29.7. The van der Waals surface area contributed by atoms with Crippen LogP contribution in [0.2, 0.25) is 0 Å². The molecule has 0 aromatic carbocycles. The monoisotopic (exact) mass is 265 g/mol. The zero-order valence-electron chi connectivity index (χ0n) is 11.4. The SMILES string of the molecule is O=C(OC1CC=NC1)N1CCC2(CCNCC2)CC1. The smallest absolute Gasteiger partial charge is 0.410 e. The summed E-state index contributed by atoms with van der Waals surface area (Å²) in [5.74, 6) is 0. The van der Waals surface area contributed by atoms with Gasteiger partial charge in [-0.25, -0.2) is 4.79 Å². The summed E-state index contributed by atoms with van der Waals surface area (Å²) in [4.78, 5) is 18.0. The minimum absolute atomic E-state index is 0.0257. The quantitative estimate of drug-likeness (QED) is 0.780. The molecule has 0 aliphatic carbocycles. The second kappa shape index (κ2) is 5.49. The van der Waals surface area contributed by atoms with Crippen molar-refractivity contribution in [1.82, 2.24) is 10.2 Å². The molecular weight excluding hydrogens is 242 g/mol. The van der Waals surface area contributed by atoms with Gasteiger partial charge in [0.2, 0.25) is 0 Å². The van der Waals surface area contributed by atoms with Crippen LogP contribution in [0, 0.1) is 5.41 Å². The Kier molecular flexibility index (Phi) is 3.73. The van der Waals surface area contributed by atoms with Gasteiger partial charge in [0.15, 0.2) is 0 Å². The van der Waals surface area contributed by atoms with Crippen molar-refractivity contribution in [2.45, 2.75) is 38.2 Å². The molecule has 0 radical (unpaired) electrons. The molecule has 2 saturated heterocycles. The van der Waals surface area contributed by atoms with E-state index in [0.717, 1.165) is 45.4 Å². The van der Waals surface area contributed by atoms with Crippen LogP contribution in [-0.4, -0.2) is 56.0 Å². The molecule has 5 nitrogen and oxygen atoms in total. The summed E-state index contributed by atoms with van der Waals surface area (Å²) in [6.07, 6.45) is 7.23. The van der Waals surface area contributed by atoms with Gasteiger partial charge < -0.3 is 15.0 Å². The first-order valence-corrected chi connectivity index (χ1v) is 7.42. The topological polar surface area (TPSA) is 53.9 Å². The number of amides is 1. The van der Waals surface area contributed by atoms with Crippen molar-refractivity contribution in [3.05, 3.63) is 0 Å². The lowest BCUT2D eigenvalue weighted by molar-refractivity contribution is 0.0364. The Morgan fingerprint density at radius 3 is 2.63 bits per heavy atom. The highest BCUT2D eigenvalue weighted by Gasteiger charge is 2.37. The van der Waals surface area contributed by atoms with E-state index in [4.69, 9.17) is 4.74 Å². The lowest BCUT2D eigenvalue weighted by Crippen LogP contribution is -2.47. The molecule has 5 heteroatoms. The maximum Gasteiger partial charge on any atom is 0.410 e. The molecular formula is C14H23N3O2. The van der Waals surface area contributed by atoms with Crippen LogP contribution in [0.4, 0.5) is 4.79 Å². The number of hydrogen-bond acceptors (Lipinski definition) is 4. The van der Waals surface area contributed by atoms with E-state index < -0.39 is 0 Å². The third kappa shape index (κ3) is 2.91. The molecule has 3 rings (SSSR count). The van der Waals surface area contributed by atoms with Crippen LogP contribution in [0.1, 0.15) is 32.1 Å². The molecule has 1 N–H and O–H groups in total. The third-order valence-corrected chi connectivity index (χ3v) is 4.82. The largest absolute Gasteiger partial charge is 0.444 e. The van der Waals surface area contributed by atoms with Crippen LogP contribution in [0.5, 0.6) is 0 Å². The van der Waals surface area contributed by atoms with Gasteiger partial charge in [-0.15, -0.1) is 0 Å². The Morgan fingerprint density at radius 2 is 2.00 bits per heavy atom. The van der Waals surface area contributed by atoms with E-state index >= 15 is 0 Å². The molecule has 0 bridgehead atoms. The van der Waals surface area contributed by atoms with E-state index in [-0.39, 0.29) is 12.2 Å². The number of piperidine rings is 2. The van der Waals surface area contributed by atoms with Crippen LogP contribution in [0.3, 0.4) is 0 Å². The summed E-state index contributed by atoms with van der Waals surface area (Å²) < 4.78 is 5.48. The number of hydrogen-bond donors (Lipinski definition) is 1. The second-order valence-electron chi connectivity index (χ2n) is 6.03. The summed E-state index contributed by atoms with van der Waals surface area (Å²) in [7, 11) is 0. The molecule has 0 aromatic rings. The molecule has 1 spiro atoms. The summed E-state index contributed by atoms with van der Waals surface area (Å²) in [5.41, 5.74) is 0.485. The molecule has 3 aliphatic rings. The van der Waals surface area contributed by atoms with Gasteiger partial charge in [-0.2, -0.15) is 0 Å². The predicted molar refractivity (Wildman–Crippen MR) is 73.6 cm³/mol. The molecule has 1 atom stereocenters. The van der Waals surface area contributed by atoms with Crippen molar-refractivity contribution < 1.29 is 9.53 Å². The molecule has 0 saturated carbocycles. The minimum atomic E-state index is -0.140. The number of likely N-dealkylation sites (tertiary alicyclic amines) is 1. The molecule has 3 aliphatic heterocycles. The first-order chi connectivity index (χ1) is 9.27. The van der Waals surface area contributed by atoms with Gasteiger partial charge in [0, 0.05) is 25.7 Å². The summed E-state index contributed by atoms with van der Waals surface area (Å²) in [5, 5.41) is 3.42. The lowest BCUT2D eigenvalue weighted by Gasteiger charge is -2.44. The molecule has 0 aromatic heterocycles. The van der Waals surface area contributed by atoms with Crippen molar-refractivity contribution in [2.75, 3.05) is 32.7 Å². The Bertz CT molecular complexity index is 346. The molecule has 1 amide bonds. The summed E-state index contributed by atoms with van der Waals surface area (Å²) >= 11 is 0. The Morgan fingerprint density at radius 1 is 1.26 bits per heavy atom. The minimum Gasteiger partial charge on any atom is -0.444 e. The third-order valence-electron chi connectivity index (χ3n) is 4.82. The highest BCUT2D eigenvalue weighted by molar-refractivity contribution is 5.69. The van der Waals surface area contributed by atoms with Gasteiger partial charge >= 0.3 is 6.09 Å². The molecule has 106 valence electrons. The zero-order chi connectivity index (χ0) is 13.1. The van der Waals surface area contributed by atoms with Gasteiger partial charge in [0.25, 0.3) is 0 Å². The number of nitrogens with one attached hydrogen (secondary N) is 1. The van der Waals surface area contributed by atoms with E-state index in [2.05, 4.69) is 10.3 Å². The molecule has 19 heavy (non-hydrogen) atoms. The first kappa shape index (κ1) is 12.9. The number of rotatable bonds is 1. The van der Waals surface area contributed by atoms with Crippen molar-refractivity contribution in [3.8, 4) is 0 Å². The van der Waals surface area contributed by atoms with Gasteiger partial charge in [0.1, 0.15) is 6.10 Å². The van der Waals surface area contributed by atoms with E-state index in [0.29, 0.717) is 12.0 Å². The van der Waals surface area contributed by atoms with Gasteiger partial charge in [-0.1, -0.05) is 0 Å². The number of carbonyl (C=O) groups is 1. The Hall–Kier alpha value is -1.10. The number of ether oxygens (including phenoxy) is 1. The molecule has 3 heterocycles. The Balaban J connectivity index is 1.47. The second-order valence-corrected chi connectivity index (χ2v) is 6.03. The van der Waals surface area contributed by atoms with E-state index in [9.17, 15) is 4.79 Å². The van der Waals surface area contributed by atoms with Crippen LogP contribution in [0.25, 0.3) is 0 Å². The van der Waals surface area contributed by atoms with E-state index in [1.54, 1.807) is 0 Å². The van der Waals surface area contributed by atoms with E-state index in [1.807, 2.05) is 11.1 Å². The van der Waals surface area contributed by atoms with Crippen molar-refractivity contribution in [3.63, 3.8) is 0 Å². The molecule has 1 unspecified atom stereocenters. The van der Waals surface area contributed by atoms with Gasteiger partial charge in [0.05, 0.1) is 6.54 Å². The molecule has 2 fully saturated rings. The van der Waals surface area contributed by atoms with Crippen LogP contribution in [0.15, 0.2) is 4.99 Å².